The minimum atomic E-state index is -0.472. The van der Waals surface area contributed by atoms with Crippen molar-refractivity contribution >= 4 is 16.7 Å². The van der Waals surface area contributed by atoms with E-state index in [2.05, 4.69) is 20.3 Å². The highest BCUT2D eigenvalue weighted by Gasteiger charge is 2.21. The van der Waals surface area contributed by atoms with Gasteiger partial charge in [-0.3, -0.25) is 9.97 Å². The average molecular weight is 346 g/mol. The topological polar surface area (TPSA) is 70.9 Å². The number of fused-ring (bicyclic) bond motifs is 1. The van der Waals surface area contributed by atoms with Gasteiger partial charge in [0.05, 0.1) is 17.9 Å². The lowest BCUT2D eigenvalue weighted by Crippen LogP contribution is -2.15. The van der Waals surface area contributed by atoms with E-state index in [-0.39, 0.29) is 5.75 Å². The van der Waals surface area contributed by atoms with E-state index < -0.39 is 11.9 Å². The number of aromatic nitrogens is 3. The second-order valence-corrected chi connectivity index (χ2v) is 5.77. The zero-order valence-corrected chi connectivity index (χ0v) is 13.7. The summed E-state index contributed by atoms with van der Waals surface area (Å²) >= 11 is 0. The molecule has 6 heteroatoms. The molecule has 0 spiro atoms. The minimum Gasteiger partial charge on any atom is -0.505 e. The van der Waals surface area contributed by atoms with Crippen LogP contribution in [0.3, 0.4) is 0 Å². The van der Waals surface area contributed by atoms with Crippen LogP contribution < -0.4 is 5.32 Å². The summed E-state index contributed by atoms with van der Waals surface area (Å²) in [5, 5.41) is 14.9. The van der Waals surface area contributed by atoms with Crippen molar-refractivity contribution in [2.24, 2.45) is 0 Å². The van der Waals surface area contributed by atoms with Crippen LogP contribution in [0.1, 0.15) is 17.3 Å². The maximum Gasteiger partial charge on any atom is 0.147 e. The number of aromatic hydroxyl groups is 1. The average Bonchev–Trinajstić information content (AvgIpc) is 2.69. The molecule has 3 heterocycles. The monoisotopic (exact) mass is 346 g/mol. The summed E-state index contributed by atoms with van der Waals surface area (Å²) in [5.41, 5.74) is 1.82. The predicted octanol–water partition coefficient (Wildman–Crippen LogP) is 4.07. The number of halogens is 1. The summed E-state index contributed by atoms with van der Waals surface area (Å²) < 4.78 is 13.2. The number of phenols is 1. The lowest BCUT2D eigenvalue weighted by Gasteiger charge is -2.21. The van der Waals surface area contributed by atoms with E-state index in [0.717, 1.165) is 11.6 Å². The molecule has 0 saturated carbocycles. The lowest BCUT2D eigenvalue weighted by atomic mass is 9.99. The molecule has 0 fully saturated rings. The second-order valence-electron chi connectivity index (χ2n) is 5.77. The first-order chi connectivity index (χ1) is 12.7. The molecule has 0 aliphatic heterocycles. The van der Waals surface area contributed by atoms with Crippen LogP contribution >= 0.6 is 0 Å². The van der Waals surface area contributed by atoms with E-state index in [1.165, 1.54) is 6.07 Å². The van der Waals surface area contributed by atoms with E-state index >= 15 is 0 Å². The maximum absolute atomic E-state index is 13.2. The van der Waals surface area contributed by atoms with Crippen LogP contribution in [-0.2, 0) is 0 Å². The third kappa shape index (κ3) is 3.04. The van der Waals surface area contributed by atoms with Gasteiger partial charge in [0.15, 0.2) is 0 Å². The van der Waals surface area contributed by atoms with Crippen molar-refractivity contribution in [3.05, 3.63) is 90.3 Å². The highest BCUT2D eigenvalue weighted by atomic mass is 19.1. The van der Waals surface area contributed by atoms with Gasteiger partial charge in [0.25, 0.3) is 0 Å². The molecule has 0 bridgehead atoms. The number of pyridine rings is 3. The molecule has 4 rings (SSSR count). The van der Waals surface area contributed by atoms with Crippen molar-refractivity contribution in [3.63, 3.8) is 0 Å². The SMILES string of the molecule is Oc1c(C(Nc2ccc(F)cn2)c2ccccn2)ccc2cccnc12. The van der Waals surface area contributed by atoms with Crippen molar-refractivity contribution in [1.29, 1.82) is 0 Å². The van der Waals surface area contributed by atoms with Crippen LogP contribution in [0.15, 0.2) is 73.2 Å². The molecular formula is C20H15FN4O. The van der Waals surface area contributed by atoms with Gasteiger partial charge >= 0.3 is 0 Å². The third-order valence-corrected chi connectivity index (χ3v) is 4.09. The van der Waals surface area contributed by atoms with Gasteiger partial charge in [-0.05, 0) is 30.3 Å². The highest BCUT2D eigenvalue weighted by Crippen LogP contribution is 2.35. The van der Waals surface area contributed by atoms with Crippen LogP contribution in [0.5, 0.6) is 5.75 Å². The Balaban J connectivity index is 1.83. The fourth-order valence-electron chi connectivity index (χ4n) is 2.85. The van der Waals surface area contributed by atoms with Gasteiger partial charge in [-0.2, -0.15) is 0 Å². The van der Waals surface area contributed by atoms with Gasteiger partial charge < -0.3 is 10.4 Å². The number of anilines is 1. The molecule has 4 aromatic rings. The van der Waals surface area contributed by atoms with Gasteiger partial charge in [0.1, 0.15) is 22.9 Å². The zero-order valence-electron chi connectivity index (χ0n) is 13.7. The Kier molecular flexibility index (Phi) is 4.15. The minimum absolute atomic E-state index is 0.0772. The summed E-state index contributed by atoms with van der Waals surface area (Å²) in [7, 11) is 0. The molecule has 0 aliphatic carbocycles. The van der Waals surface area contributed by atoms with Crippen molar-refractivity contribution in [1.82, 2.24) is 15.0 Å². The first-order valence-corrected chi connectivity index (χ1v) is 8.08. The Morgan fingerprint density at radius 1 is 0.885 bits per heavy atom. The van der Waals surface area contributed by atoms with Crippen molar-refractivity contribution in [3.8, 4) is 5.75 Å². The molecular weight excluding hydrogens is 331 g/mol. The van der Waals surface area contributed by atoms with Crippen LogP contribution in [0.4, 0.5) is 10.2 Å². The van der Waals surface area contributed by atoms with Gasteiger partial charge in [-0.25, -0.2) is 9.37 Å². The molecule has 1 unspecified atom stereocenters. The van der Waals surface area contributed by atoms with Gasteiger partial charge in [0.2, 0.25) is 0 Å². The number of benzene rings is 1. The Hall–Kier alpha value is -3.54. The largest absolute Gasteiger partial charge is 0.505 e. The molecule has 0 saturated heterocycles. The molecule has 5 nitrogen and oxygen atoms in total. The first-order valence-electron chi connectivity index (χ1n) is 8.08. The summed E-state index contributed by atoms with van der Waals surface area (Å²) in [6, 6.07) is 15.4. The summed E-state index contributed by atoms with van der Waals surface area (Å²) in [4.78, 5) is 12.7. The predicted molar refractivity (Wildman–Crippen MR) is 97.3 cm³/mol. The molecule has 0 aliphatic rings. The maximum atomic E-state index is 13.2. The fourth-order valence-corrected chi connectivity index (χ4v) is 2.85. The van der Waals surface area contributed by atoms with Gasteiger partial charge in [-0.1, -0.05) is 24.3 Å². The molecule has 1 aromatic carbocycles. The Bertz CT molecular complexity index is 1040. The van der Waals surface area contributed by atoms with Gasteiger partial charge in [-0.15, -0.1) is 0 Å². The first kappa shape index (κ1) is 16.0. The molecule has 128 valence electrons. The van der Waals surface area contributed by atoms with Crippen LogP contribution in [-0.4, -0.2) is 20.1 Å². The van der Waals surface area contributed by atoms with Crippen LogP contribution in [0.25, 0.3) is 10.9 Å². The quantitative estimate of drug-likeness (QED) is 0.583. The Morgan fingerprint density at radius 2 is 1.77 bits per heavy atom. The standard InChI is InChI=1S/C20H15FN4O/c21-14-7-9-17(24-12-14)25-19(16-5-1-2-10-22-16)15-8-6-13-4-3-11-23-18(13)20(15)26/h1-12,19,26H,(H,24,25). The number of phenolic OH excluding ortho intramolecular Hbond substituents is 1. The third-order valence-electron chi connectivity index (χ3n) is 4.09. The van der Waals surface area contributed by atoms with E-state index in [1.807, 2.05) is 42.5 Å². The van der Waals surface area contributed by atoms with Crippen molar-refractivity contribution < 1.29 is 9.50 Å². The van der Waals surface area contributed by atoms with Gasteiger partial charge in [0, 0.05) is 23.3 Å². The number of hydrogen-bond donors (Lipinski definition) is 2. The van der Waals surface area contributed by atoms with E-state index in [4.69, 9.17) is 0 Å². The highest BCUT2D eigenvalue weighted by molar-refractivity contribution is 5.85. The molecule has 0 amide bonds. The van der Waals surface area contributed by atoms with E-state index in [0.29, 0.717) is 22.6 Å². The molecule has 2 N–H and O–H groups in total. The molecule has 0 radical (unpaired) electrons. The smallest absolute Gasteiger partial charge is 0.147 e. The van der Waals surface area contributed by atoms with Crippen LogP contribution in [0, 0.1) is 5.82 Å². The number of nitrogens with zero attached hydrogens (tertiary/aromatic N) is 3. The number of rotatable bonds is 4. The summed E-state index contributed by atoms with van der Waals surface area (Å²) in [6.45, 7) is 0. The summed E-state index contributed by atoms with van der Waals surface area (Å²) in [5.74, 6) is 0.138. The molecule has 3 aromatic heterocycles. The summed E-state index contributed by atoms with van der Waals surface area (Å²) in [6.07, 6.45) is 4.45. The lowest BCUT2D eigenvalue weighted by molar-refractivity contribution is 0.471. The Labute approximate surface area is 149 Å². The number of nitrogens with one attached hydrogen (secondary N) is 1. The number of hydrogen-bond acceptors (Lipinski definition) is 5. The Morgan fingerprint density at radius 3 is 2.54 bits per heavy atom. The molecule has 1 atom stereocenters. The normalized spacial score (nSPS) is 12.0. The van der Waals surface area contributed by atoms with E-state index in [1.54, 1.807) is 18.5 Å². The van der Waals surface area contributed by atoms with Crippen LogP contribution in [0.2, 0.25) is 0 Å². The van der Waals surface area contributed by atoms with E-state index in [9.17, 15) is 9.50 Å². The van der Waals surface area contributed by atoms with Crippen molar-refractivity contribution in [2.75, 3.05) is 5.32 Å². The molecule has 26 heavy (non-hydrogen) atoms. The second kappa shape index (κ2) is 6.76. The fraction of sp³-hybridized carbons (Fsp3) is 0.0500. The van der Waals surface area contributed by atoms with Crippen molar-refractivity contribution in [2.45, 2.75) is 6.04 Å². The zero-order chi connectivity index (χ0) is 17.9.